The molecule has 144 valence electrons. The van der Waals surface area contributed by atoms with Gasteiger partial charge in [-0.05, 0) is 49.5 Å². The predicted molar refractivity (Wildman–Crippen MR) is 102 cm³/mol. The highest BCUT2D eigenvalue weighted by Gasteiger charge is 2.33. The van der Waals surface area contributed by atoms with E-state index in [1.807, 2.05) is 11.0 Å². The highest BCUT2D eigenvalue weighted by atomic mass is 32.1. The van der Waals surface area contributed by atoms with Crippen molar-refractivity contribution in [2.45, 2.75) is 38.1 Å². The average Bonchev–Trinajstić information content (AvgIpc) is 3.21. The molecule has 3 heterocycles. The number of ether oxygens (including phenoxy) is 1. The van der Waals surface area contributed by atoms with Gasteiger partial charge in [0.1, 0.15) is 0 Å². The highest BCUT2D eigenvalue weighted by Crippen LogP contribution is 2.22. The number of carbonyl (C=O) groups excluding carboxylic acids is 2. The zero-order valence-electron chi connectivity index (χ0n) is 15.2. The van der Waals surface area contributed by atoms with Crippen LogP contribution in [0.4, 0.5) is 0 Å². The van der Waals surface area contributed by atoms with Gasteiger partial charge in [0.25, 0.3) is 0 Å². The Morgan fingerprint density at radius 3 is 2.65 bits per heavy atom. The molecule has 0 aliphatic carbocycles. The Morgan fingerprint density at radius 2 is 2.00 bits per heavy atom. The third kappa shape index (κ3) is 5.05. The van der Waals surface area contributed by atoms with E-state index in [2.05, 4.69) is 16.8 Å². The Bertz CT molecular complexity index is 579. The molecule has 0 saturated carbocycles. The van der Waals surface area contributed by atoms with Crippen LogP contribution in [0.15, 0.2) is 17.5 Å². The topological polar surface area (TPSA) is 84.7 Å². The lowest BCUT2D eigenvalue weighted by Crippen LogP contribution is -2.52. The molecule has 3 N–H and O–H groups in total. The molecule has 6 nitrogen and oxygen atoms in total. The van der Waals surface area contributed by atoms with Gasteiger partial charge in [0, 0.05) is 43.6 Å². The SMILES string of the molecule is NC(C(=O)N1CCC(C(=O)NCCc2cccs2)CC1)C1CCOCC1. The van der Waals surface area contributed by atoms with Gasteiger partial charge < -0.3 is 20.7 Å². The van der Waals surface area contributed by atoms with E-state index in [1.54, 1.807) is 11.3 Å². The number of piperidine rings is 1. The van der Waals surface area contributed by atoms with Gasteiger partial charge in [0.15, 0.2) is 0 Å². The minimum absolute atomic E-state index is 0.00157. The van der Waals surface area contributed by atoms with Crippen LogP contribution in [0.2, 0.25) is 0 Å². The van der Waals surface area contributed by atoms with Gasteiger partial charge in [-0.15, -0.1) is 11.3 Å². The molecule has 0 radical (unpaired) electrons. The van der Waals surface area contributed by atoms with Crippen molar-refractivity contribution in [1.82, 2.24) is 10.2 Å². The summed E-state index contributed by atoms with van der Waals surface area (Å²) in [6.07, 6.45) is 4.03. The second-order valence-electron chi connectivity index (χ2n) is 7.20. The first kappa shape index (κ1) is 19.3. The van der Waals surface area contributed by atoms with Crippen molar-refractivity contribution in [3.8, 4) is 0 Å². The summed E-state index contributed by atoms with van der Waals surface area (Å²) in [6.45, 7) is 3.31. The second-order valence-corrected chi connectivity index (χ2v) is 8.23. The summed E-state index contributed by atoms with van der Waals surface area (Å²) < 4.78 is 5.35. The van der Waals surface area contributed by atoms with Crippen LogP contribution < -0.4 is 11.1 Å². The Balaban J connectivity index is 1.38. The minimum atomic E-state index is -0.435. The maximum atomic E-state index is 12.6. The highest BCUT2D eigenvalue weighted by molar-refractivity contribution is 7.09. The molecular weight excluding hydrogens is 350 g/mol. The molecule has 2 aliphatic heterocycles. The van der Waals surface area contributed by atoms with E-state index >= 15 is 0 Å². The monoisotopic (exact) mass is 379 g/mol. The zero-order valence-corrected chi connectivity index (χ0v) is 16.0. The number of hydrogen-bond donors (Lipinski definition) is 2. The van der Waals surface area contributed by atoms with Crippen LogP contribution in [-0.2, 0) is 20.7 Å². The number of rotatable bonds is 6. The quantitative estimate of drug-likeness (QED) is 0.782. The maximum absolute atomic E-state index is 12.6. The lowest BCUT2D eigenvalue weighted by atomic mass is 9.90. The molecule has 2 fully saturated rings. The van der Waals surface area contributed by atoms with Crippen molar-refractivity contribution in [3.63, 3.8) is 0 Å². The summed E-state index contributed by atoms with van der Waals surface area (Å²) in [7, 11) is 0. The lowest BCUT2D eigenvalue weighted by molar-refractivity contribution is -0.138. The first-order valence-electron chi connectivity index (χ1n) is 9.57. The number of carbonyl (C=O) groups is 2. The Kier molecular flexibility index (Phi) is 7.05. The van der Waals surface area contributed by atoms with Crippen molar-refractivity contribution in [3.05, 3.63) is 22.4 Å². The molecule has 2 saturated heterocycles. The van der Waals surface area contributed by atoms with Crippen LogP contribution in [-0.4, -0.2) is 55.6 Å². The molecule has 3 rings (SSSR count). The van der Waals surface area contributed by atoms with Crippen LogP contribution in [0, 0.1) is 11.8 Å². The van der Waals surface area contributed by atoms with Crippen molar-refractivity contribution < 1.29 is 14.3 Å². The van der Waals surface area contributed by atoms with Crippen LogP contribution in [0.5, 0.6) is 0 Å². The largest absolute Gasteiger partial charge is 0.381 e. The Morgan fingerprint density at radius 1 is 1.27 bits per heavy atom. The van der Waals surface area contributed by atoms with Gasteiger partial charge in [0.2, 0.25) is 11.8 Å². The molecule has 1 aromatic heterocycles. The van der Waals surface area contributed by atoms with E-state index in [0.29, 0.717) is 32.8 Å². The van der Waals surface area contributed by atoms with Crippen LogP contribution in [0.3, 0.4) is 0 Å². The fourth-order valence-electron chi connectivity index (χ4n) is 3.76. The molecule has 0 spiro atoms. The number of hydrogen-bond acceptors (Lipinski definition) is 5. The van der Waals surface area contributed by atoms with Crippen molar-refractivity contribution in [2.24, 2.45) is 17.6 Å². The Labute approximate surface area is 159 Å². The van der Waals surface area contributed by atoms with Gasteiger partial charge in [-0.3, -0.25) is 9.59 Å². The van der Waals surface area contributed by atoms with Gasteiger partial charge in [-0.25, -0.2) is 0 Å². The second kappa shape index (κ2) is 9.48. The third-order valence-electron chi connectivity index (χ3n) is 5.49. The Hall–Kier alpha value is -1.44. The molecule has 1 aromatic rings. The van der Waals surface area contributed by atoms with E-state index in [0.717, 1.165) is 32.1 Å². The van der Waals surface area contributed by atoms with Crippen LogP contribution in [0.25, 0.3) is 0 Å². The number of nitrogens with one attached hydrogen (secondary N) is 1. The molecule has 1 unspecified atom stereocenters. The molecular formula is C19H29N3O3S. The van der Waals surface area contributed by atoms with Crippen molar-refractivity contribution in [2.75, 3.05) is 32.8 Å². The summed E-state index contributed by atoms with van der Waals surface area (Å²) in [5.41, 5.74) is 6.20. The maximum Gasteiger partial charge on any atom is 0.239 e. The standard InChI is InChI=1S/C19H29N3O3S/c20-17(14-6-11-25-12-7-14)19(24)22-9-4-15(5-10-22)18(23)21-8-3-16-2-1-13-26-16/h1-2,13-15,17H,3-12,20H2,(H,21,23). The molecule has 7 heteroatoms. The third-order valence-corrected chi connectivity index (χ3v) is 6.42. The van der Waals surface area contributed by atoms with Gasteiger partial charge in [0.05, 0.1) is 6.04 Å². The van der Waals surface area contributed by atoms with Gasteiger partial charge >= 0.3 is 0 Å². The molecule has 26 heavy (non-hydrogen) atoms. The van der Waals surface area contributed by atoms with Gasteiger partial charge in [-0.1, -0.05) is 6.07 Å². The molecule has 0 bridgehead atoms. The number of nitrogens with two attached hydrogens (primary N) is 1. The fraction of sp³-hybridized carbons (Fsp3) is 0.684. The van der Waals surface area contributed by atoms with Crippen molar-refractivity contribution >= 4 is 23.2 Å². The zero-order chi connectivity index (χ0) is 18.4. The van der Waals surface area contributed by atoms with Gasteiger partial charge in [-0.2, -0.15) is 0 Å². The van der Waals surface area contributed by atoms with Crippen LogP contribution >= 0.6 is 11.3 Å². The van der Waals surface area contributed by atoms with E-state index in [1.165, 1.54) is 4.88 Å². The van der Waals surface area contributed by atoms with E-state index in [4.69, 9.17) is 10.5 Å². The lowest BCUT2D eigenvalue weighted by Gasteiger charge is -2.35. The molecule has 2 aliphatic rings. The first-order chi connectivity index (χ1) is 12.6. The molecule has 0 aromatic carbocycles. The van der Waals surface area contributed by atoms with E-state index in [-0.39, 0.29) is 23.7 Å². The number of nitrogens with zero attached hydrogens (tertiary/aromatic N) is 1. The van der Waals surface area contributed by atoms with E-state index < -0.39 is 6.04 Å². The normalized spacial score (nSPS) is 20.7. The summed E-state index contributed by atoms with van der Waals surface area (Å²) in [4.78, 5) is 28.1. The summed E-state index contributed by atoms with van der Waals surface area (Å²) in [5, 5.41) is 5.09. The summed E-state index contributed by atoms with van der Waals surface area (Å²) in [6, 6.07) is 3.68. The smallest absolute Gasteiger partial charge is 0.239 e. The molecule has 1 atom stereocenters. The number of amides is 2. The first-order valence-corrected chi connectivity index (χ1v) is 10.5. The molecule has 2 amide bonds. The summed E-state index contributed by atoms with van der Waals surface area (Å²) in [5.74, 6) is 0.368. The van der Waals surface area contributed by atoms with Crippen molar-refractivity contribution in [1.29, 1.82) is 0 Å². The minimum Gasteiger partial charge on any atom is -0.381 e. The van der Waals surface area contributed by atoms with Crippen LogP contribution in [0.1, 0.15) is 30.6 Å². The fourth-order valence-corrected chi connectivity index (χ4v) is 4.47. The van der Waals surface area contributed by atoms with E-state index in [9.17, 15) is 9.59 Å². The number of thiophene rings is 1. The predicted octanol–water partition coefficient (Wildman–Crippen LogP) is 1.40. The number of likely N-dealkylation sites (tertiary alicyclic amines) is 1. The summed E-state index contributed by atoms with van der Waals surface area (Å²) >= 11 is 1.71. The average molecular weight is 380 g/mol.